The molecule has 3 heteroatoms. The number of aliphatic hydroxyl groups is 1. The molecule has 0 amide bonds. The highest BCUT2D eigenvalue weighted by Crippen LogP contribution is 2.15. The van der Waals surface area contributed by atoms with Gasteiger partial charge in [-0.1, -0.05) is 26.0 Å². The van der Waals surface area contributed by atoms with Gasteiger partial charge >= 0.3 is 0 Å². The first kappa shape index (κ1) is 14.0. The van der Waals surface area contributed by atoms with E-state index in [2.05, 4.69) is 30.9 Å². The normalized spacial score (nSPS) is 13.1. The van der Waals surface area contributed by atoms with Gasteiger partial charge in [-0.05, 0) is 30.7 Å². The van der Waals surface area contributed by atoms with Crippen molar-refractivity contribution in [1.29, 1.82) is 0 Å². The van der Waals surface area contributed by atoms with Gasteiger partial charge in [0.05, 0.1) is 13.7 Å². The highest BCUT2D eigenvalue weighted by atomic mass is 16.5. The van der Waals surface area contributed by atoms with Crippen LogP contribution in [0.5, 0.6) is 5.75 Å². The number of ether oxygens (including phenoxy) is 1. The van der Waals surface area contributed by atoms with E-state index in [1.54, 1.807) is 7.11 Å². The van der Waals surface area contributed by atoms with Crippen LogP contribution in [0.2, 0.25) is 0 Å². The van der Waals surface area contributed by atoms with Crippen molar-refractivity contribution >= 4 is 0 Å². The molecule has 0 saturated carbocycles. The van der Waals surface area contributed by atoms with Crippen molar-refractivity contribution in [3.63, 3.8) is 0 Å². The minimum Gasteiger partial charge on any atom is -0.497 e. The SMILES string of the molecule is COc1ccc(CN(C)C(CO)C(C)C)cc1. The van der Waals surface area contributed by atoms with E-state index in [1.807, 2.05) is 19.2 Å². The van der Waals surface area contributed by atoms with E-state index in [9.17, 15) is 5.11 Å². The zero-order valence-electron chi connectivity index (χ0n) is 11.2. The summed E-state index contributed by atoms with van der Waals surface area (Å²) in [5.41, 5.74) is 1.23. The summed E-state index contributed by atoms with van der Waals surface area (Å²) in [6.45, 7) is 5.30. The van der Waals surface area contributed by atoms with Crippen LogP contribution in [-0.4, -0.2) is 36.8 Å². The molecule has 1 unspecified atom stereocenters. The third kappa shape index (κ3) is 4.02. The van der Waals surface area contributed by atoms with Crippen molar-refractivity contribution < 1.29 is 9.84 Å². The number of hydrogen-bond donors (Lipinski definition) is 1. The van der Waals surface area contributed by atoms with E-state index < -0.39 is 0 Å². The number of hydrogen-bond acceptors (Lipinski definition) is 3. The predicted octanol–water partition coefficient (Wildman–Crippen LogP) is 2.14. The maximum Gasteiger partial charge on any atom is 0.118 e. The fourth-order valence-electron chi connectivity index (χ4n) is 2.00. The van der Waals surface area contributed by atoms with Crippen molar-refractivity contribution in [2.24, 2.45) is 5.92 Å². The van der Waals surface area contributed by atoms with Crippen molar-refractivity contribution in [2.75, 3.05) is 20.8 Å². The van der Waals surface area contributed by atoms with E-state index in [4.69, 9.17) is 4.74 Å². The number of rotatable bonds is 6. The van der Waals surface area contributed by atoms with Crippen LogP contribution < -0.4 is 4.74 Å². The second-order valence-corrected chi connectivity index (χ2v) is 4.76. The van der Waals surface area contributed by atoms with Crippen molar-refractivity contribution in [3.8, 4) is 5.75 Å². The lowest BCUT2D eigenvalue weighted by atomic mass is 10.0. The quantitative estimate of drug-likeness (QED) is 0.823. The first-order valence-electron chi connectivity index (χ1n) is 6.02. The molecule has 1 aromatic carbocycles. The van der Waals surface area contributed by atoms with E-state index in [-0.39, 0.29) is 12.6 Å². The average Bonchev–Trinajstić information content (AvgIpc) is 2.30. The third-order valence-corrected chi connectivity index (χ3v) is 3.11. The van der Waals surface area contributed by atoms with Crippen LogP contribution in [0.25, 0.3) is 0 Å². The molecule has 0 bridgehead atoms. The topological polar surface area (TPSA) is 32.7 Å². The summed E-state index contributed by atoms with van der Waals surface area (Å²) in [5, 5.41) is 9.37. The summed E-state index contributed by atoms with van der Waals surface area (Å²) in [6.07, 6.45) is 0. The Balaban J connectivity index is 2.63. The Hall–Kier alpha value is -1.06. The predicted molar refractivity (Wildman–Crippen MR) is 70.2 cm³/mol. The maximum absolute atomic E-state index is 9.37. The molecule has 1 atom stereocenters. The molecule has 0 heterocycles. The van der Waals surface area contributed by atoms with E-state index >= 15 is 0 Å². The van der Waals surface area contributed by atoms with Gasteiger partial charge in [-0.2, -0.15) is 0 Å². The van der Waals surface area contributed by atoms with Crippen LogP contribution in [0.1, 0.15) is 19.4 Å². The number of benzene rings is 1. The van der Waals surface area contributed by atoms with Gasteiger partial charge in [0.15, 0.2) is 0 Å². The minimum atomic E-state index is 0.199. The van der Waals surface area contributed by atoms with E-state index in [0.29, 0.717) is 5.92 Å². The Morgan fingerprint density at radius 1 is 1.24 bits per heavy atom. The monoisotopic (exact) mass is 237 g/mol. The second kappa shape index (κ2) is 6.62. The average molecular weight is 237 g/mol. The van der Waals surface area contributed by atoms with Gasteiger partial charge in [0.2, 0.25) is 0 Å². The van der Waals surface area contributed by atoms with Gasteiger partial charge in [0.25, 0.3) is 0 Å². The number of aliphatic hydroxyl groups excluding tert-OH is 1. The van der Waals surface area contributed by atoms with Crippen molar-refractivity contribution in [3.05, 3.63) is 29.8 Å². The Bertz CT molecular complexity index is 321. The minimum absolute atomic E-state index is 0.199. The van der Waals surface area contributed by atoms with Crippen LogP contribution in [0.4, 0.5) is 0 Å². The summed E-state index contributed by atoms with van der Waals surface area (Å²) in [5.74, 6) is 1.32. The van der Waals surface area contributed by atoms with Crippen LogP contribution in [0.3, 0.4) is 0 Å². The lowest BCUT2D eigenvalue weighted by Gasteiger charge is -2.29. The Morgan fingerprint density at radius 2 is 1.82 bits per heavy atom. The van der Waals surface area contributed by atoms with Crippen LogP contribution in [0.15, 0.2) is 24.3 Å². The highest BCUT2D eigenvalue weighted by molar-refractivity contribution is 5.27. The molecule has 0 aromatic heterocycles. The van der Waals surface area contributed by atoms with Crippen LogP contribution >= 0.6 is 0 Å². The molecule has 96 valence electrons. The molecule has 3 nitrogen and oxygen atoms in total. The Kier molecular flexibility index (Phi) is 5.45. The first-order valence-corrected chi connectivity index (χ1v) is 6.02. The lowest BCUT2D eigenvalue weighted by molar-refractivity contribution is 0.108. The van der Waals surface area contributed by atoms with Gasteiger partial charge in [-0.15, -0.1) is 0 Å². The Morgan fingerprint density at radius 3 is 2.24 bits per heavy atom. The fraction of sp³-hybridized carbons (Fsp3) is 0.571. The van der Waals surface area contributed by atoms with Crippen LogP contribution in [-0.2, 0) is 6.54 Å². The summed E-state index contributed by atoms with van der Waals surface area (Å²) < 4.78 is 5.13. The maximum atomic E-state index is 9.37. The standard InChI is InChI=1S/C14H23NO2/c1-11(2)14(10-16)15(3)9-12-5-7-13(17-4)8-6-12/h5-8,11,14,16H,9-10H2,1-4H3. The van der Waals surface area contributed by atoms with Gasteiger partial charge < -0.3 is 9.84 Å². The molecule has 0 aliphatic rings. The summed E-state index contributed by atoms with van der Waals surface area (Å²) >= 11 is 0. The zero-order chi connectivity index (χ0) is 12.8. The number of likely N-dealkylation sites (N-methyl/N-ethyl adjacent to an activating group) is 1. The molecule has 1 rings (SSSR count). The molecule has 0 radical (unpaired) electrons. The van der Waals surface area contributed by atoms with Gasteiger partial charge in [-0.3, -0.25) is 4.90 Å². The molecule has 0 aliphatic heterocycles. The summed E-state index contributed by atoms with van der Waals surface area (Å²) in [4.78, 5) is 2.19. The van der Waals surface area contributed by atoms with E-state index in [1.165, 1.54) is 5.56 Å². The third-order valence-electron chi connectivity index (χ3n) is 3.11. The zero-order valence-corrected chi connectivity index (χ0v) is 11.2. The second-order valence-electron chi connectivity index (χ2n) is 4.76. The fourth-order valence-corrected chi connectivity index (χ4v) is 2.00. The molecular formula is C14H23NO2. The molecule has 0 spiro atoms. The molecule has 0 fully saturated rings. The molecule has 1 aromatic rings. The van der Waals surface area contributed by atoms with Gasteiger partial charge in [-0.25, -0.2) is 0 Å². The molecule has 0 saturated heterocycles. The first-order chi connectivity index (χ1) is 8.08. The van der Waals surface area contributed by atoms with E-state index in [0.717, 1.165) is 12.3 Å². The largest absolute Gasteiger partial charge is 0.497 e. The summed E-state index contributed by atoms with van der Waals surface area (Å²) in [6, 6.07) is 8.25. The van der Waals surface area contributed by atoms with Crippen LogP contribution in [0, 0.1) is 5.92 Å². The lowest BCUT2D eigenvalue weighted by Crippen LogP contribution is -2.38. The summed E-state index contributed by atoms with van der Waals surface area (Å²) in [7, 11) is 3.72. The van der Waals surface area contributed by atoms with Crippen molar-refractivity contribution in [1.82, 2.24) is 4.90 Å². The molecule has 17 heavy (non-hydrogen) atoms. The Labute approximate surface area is 104 Å². The van der Waals surface area contributed by atoms with Gasteiger partial charge in [0, 0.05) is 12.6 Å². The number of methoxy groups -OCH3 is 1. The van der Waals surface area contributed by atoms with Crippen molar-refractivity contribution in [2.45, 2.75) is 26.4 Å². The molecule has 0 aliphatic carbocycles. The molecular weight excluding hydrogens is 214 g/mol. The van der Waals surface area contributed by atoms with Gasteiger partial charge in [0.1, 0.15) is 5.75 Å². The number of nitrogens with zero attached hydrogens (tertiary/aromatic N) is 1. The molecule has 1 N–H and O–H groups in total. The smallest absolute Gasteiger partial charge is 0.118 e. The highest BCUT2D eigenvalue weighted by Gasteiger charge is 2.17.